The second-order valence-electron chi connectivity index (χ2n) is 5.25. The molecule has 0 spiro atoms. The lowest BCUT2D eigenvalue weighted by atomic mass is 9.93. The number of hydrogen-bond acceptors (Lipinski definition) is 4. The summed E-state index contributed by atoms with van der Waals surface area (Å²) in [5.41, 5.74) is 1.11. The summed E-state index contributed by atoms with van der Waals surface area (Å²) in [4.78, 5) is 2.92. The second-order valence-corrected chi connectivity index (χ2v) is 6.47. The van der Waals surface area contributed by atoms with Crippen molar-refractivity contribution in [3.8, 4) is 0 Å². The molecule has 0 fully saturated rings. The first-order chi connectivity index (χ1) is 8.17. The van der Waals surface area contributed by atoms with Crippen molar-refractivity contribution in [2.45, 2.75) is 32.7 Å². The summed E-state index contributed by atoms with van der Waals surface area (Å²) < 4.78 is 0. The van der Waals surface area contributed by atoms with Gasteiger partial charge in [0.1, 0.15) is 0 Å². The first kappa shape index (κ1) is 13.0. The normalized spacial score (nSPS) is 15.2. The van der Waals surface area contributed by atoms with Crippen molar-refractivity contribution in [1.29, 1.82) is 0 Å². The van der Waals surface area contributed by atoms with Gasteiger partial charge in [-0.25, -0.2) is 0 Å². The van der Waals surface area contributed by atoms with E-state index in [1.54, 1.807) is 4.88 Å². The zero-order chi connectivity index (χ0) is 12.3. The predicted molar refractivity (Wildman–Crippen MR) is 70.3 cm³/mol. The Morgan fingerprint density at radius 2 is 2.12 bits per heavy atom. The molecule has 3 N–H and O–H groups in total. The SMILES string of the molecule is CC(CO)(CO)CNCc1cc2c(s1)CCC2. The fourth-order valence-corrected chi connectivity index (χ4v) is 3.36. The van der Waals surface area contributed by atoms with Crippen molar-refractivity contribution in [3.63, 3.8) is 0 Å². The van der Waals surface area contributed by atoms with Gasteiger partial charge in [0, 0.05) is 28.3 Å². The maximum absolute atomic E-state index is 9.18. The van der Waals surface area contributed by atoms with E-state index in [4.69, 9.17) is 0 Å². The molecule has 4 heteroatoms. The summed E-state index contributed by atoms with van der Waals surface area (Å²) in [6.45, 7) is 3.39. The highest BCUT2D eigenvalue weighted by Gasteiger charge is 2.22. The molecule has 0 aliphatic heterocycles. The topological polar surface area (TPSA) is 52.5 Å². The summed E-state index contributed by atoms with van der Waals surface area (Å²) >= 11 is 1.90. The molecule has 1 aromatic heterocycles. The van der Waals surface area contributed by atoms with Gasteiger partial charge in [-0.05, 0) is 30.9 Å². The number of fused-ring (bicyclic) bond motifs is 1. The zero-order valence-electron chi connectivity index (χ0n) is 10.3. The van der Waals surface area contributed by atoms with E-state index >= 15 is 0 Å². The molecule has 0 atom stereocenters. The minimum absolute atomic E-state index is 0.0113. The molecule has 0 saturated carbocycles. The third-order valence-corrected chi connectivity index (χ3v) is 4.65. The number of aryl methyl sites for hydroxylation is 2. The standard InChI is InChI=1S/C13H21NO2S/c1-13(8-15,9-16)7-14-6-11-5-10-3-2-4-12(10)17-11/h5,14-16H,2-4,6-9H2,1H3. The van der Waals surface area contributed by atoms with E-state index in [0.29, 0.717) is 6.54 Å². The highest BCUT2D eigenvalue weighted by Crippen LogP contribution is 2.30. The number of aliphatic hydroxyl groups is 2. The van der Waals surface area contributed by atoms with E-state index in [0.717, 1.165) is 6.54 Å². The van der Waals surface area contributed by atoms with Crippen LogP contribution in [0.15, 0.2) is 6.07 Å². The maximum atomic E-state index is 9.18. The Morgan fingerprint density at radius 1 is 1.35 bits per heavy atom. The number of aliphatic hydroxyl groups excluding tert-OH is 2. The van der Waals surface area contributed by atoms with E-state index < -0.39 is 5.41 Å². The van der Waals surface area contributed by atoms with E-state index in [1.807, 2.05) is 18.3 Å². The van der Waals surface area contributed by atoms with Crippen LogP contribution in [0.5, 0.6) is 0 Å². The van der Waals surface area contributed by atoms with Gasteiger partial charge in [-0.1, -0.05) is 6.92 Å². The number of hydrogen-bond donors (Lipinski definition) is 3. The fourth-order valence-electron chi connectivity index (χ4n) is 2.13. The molecular weight excluding hydrogens is 234 g/mol. The summed E-state index contributed by atoms with van der Waals surface area (Å²) in [5.74, 6) is 0. The Bertz CT molecular complexity index is 350. The van der Waals surface area contributed by atoms with Gasteiger partial charge in [0.15, 0.2) is 0 Å². The summed E-state index contributed by atoms with van der Waals surface area (Å²) in [5, 5.41) is 21.7. The number of rotatable bonds is 6. The van der Waals surface area contributed by atoms with Crippen LogP contribution in [0.4, 0.5) is 0 Å². The van der Waals surface area contributed by atoms with Gasteiger partial charge in [0.25, 0.3) is 0 Å². The molecule has 1 aliphatic rings. The maximum Gasteiger partial charge on any atom is 0.0518 e. The molecule has 96 valence electrons. The van der Waals surface area contributed by atoms with Crippen molar-refractivity contribution < 1.29 is 10.2 Å². The lowest BCUT2D eigenvalue weighted by Crippen LogP contribution is -2.37. The Hall–Kier alpha value is -0.420. The number of thiophene rings is 1. The number of nitrogens with one attached hydrogen (secondary N) is 1. The van der Waals surface area contributed by atoms with Gasteiger partial charge in [0.2, 0.25) is 0 Å². The lowest BCUT2D eigenvalue weighted by Gasteiger charge is -2.24. The van der Waals surface area contributed by atoms with Crippen LogP contribution in [0.25, 0.3) is 0 Å². The fraction of sp³-hybridized carbons (Fsp3) is 0.692. The Morgan fingerprint density at radius 3 is 2.76 bits per heavy atom. The molecule has 0 bridgehead atoms. The van der Waals surface area contributed by atoms with Crippen molar-refractivity contribution in [2.75, 3.05) is 19.8 Å². The van der Waals surface area contributed by atoms with Gasteiger partial charge in [-0.15, -0.1) is 11.3 Å². The summed E-state index contributed by atoms with van der Waals surface area (Å²) in [7, 11) is 0. The van der Waals surface area contributed by atoms with Gasteiger partial charge >= 0.3 is 0 Å². The van der Waals surface area contributed by atoms with E-state index in [9.17, 15) is 10.2 Å². The minimum atomic E-state index is -0.417. The van der Waals surface area contributed by atoms with Crippen LogP contribution in [0, 0.1) is 5.41 Å². The predicted octanol–water partition coefficient (Wildman–Crippen LogP) is 1.32. The Labute approximate surface area is 106 Å². The first-order valence-corrected chi connectivity index (χ1v) is 7.01. The molecule has 0 amide bonds. The highest BCUT2D eigenvalue weighted by molar-refractivity contribution is 7.12. The molecule has 2 rings (SSSR count). The average Bonchev–Trinajstić information content (AvgIpc) is 2.89. The molecular formula is C13H21NO2S. The Balaban J connectivity index is 1.82. The van der Waals surface area contributed by atoms with Crippen LogP contribution >= 0.6 is 11.3 Å². The van der Waals surface area contributed by atoms with Crippen LogP contribution in [0.2, 0.25) is 0 Å². The van der Waals surface area contributed by atoms with Crippen LogP contribution in [-0.4, -0.2) is 30.0 Å². The van der Waals surface area contributed by atoms with E-state index in [-0.39, 0.29) is 13.2 Å². The van der Waals surface area contributed by atoms with Gasteiger partial charge in [-0.3, -0.25) is 0 Å². The molecule has 1 aromatic rings. The van der Waals surface area contributed by atoms with E-state index in [1.165, 1.54) is 29.7 Å². The largest absolute Gasteiger partial charge is 0.396 e. The van der Waals surface area contributed by atoms with Crippen molar-refractivity contribution in [2.24, 2.45) is 5.41 Å². The van der Waals surface area contributed by atoms with Crippen LogP contribution in [-0.2, 0) is 19.4 Å². The molecule has 0 aromatic carbocycles. The molecule has 0 unspecified atom stereocenters. The third kappa shape index (κ3) is 3.07. The first-order valence-electron chi connectivity index (χ1n) is 6.20. The second kappa shape index (κ2) is 5.48. The third-order valence-electron chi connectivity index (χ3n) is 3.41. The van der Waals surface area contributed by atoms with Crippen molar-refractivity contribution in [3.05, 3.63) is 21.4 Å². The average molecular weight is 255 g/mol. The molecule has 17 heavy (non-hydrogen) atoms. The van der Waals surface area contributed by atoms with Crippen molar-refractivity contribution >= 4 is 11.3 Å². The molecule has 1 heterocycles. The highest BCUT2D eigenvalue weighted by atomic mass is 32.1. The summed E-state index contributed by atoms with van der Waals surface area (Å²) in [6.07, 6.45) is 3.78. The molecule has 0 radical (unpaired) electrons. The molecule has 0 saturated heterocycles. The minimum Gasteiger partial charge on any atom is -0.396 e. The van der Waals surface area contributed by atoms with Gasteiger partial charge in [-0.2, -0.15) is 0 Å². The van der Waals surface area contributed by atoms with Gasteiger partial charge < -0.3 is 15.5 Å². The zero-order valence-corrected chi connectivity index (χ0v) is 11.1. The smallest absolute Gasteiger partial charge is 0.0518 e. The Kier molecular flexibility index (Phi) is 4.20. The molecule has 3 nitrogen and oxygen atoms in total. The van der Waals surface area contributed by atoms with Crippen LogP contribution in [0.3, 0.4) is 0 Å². The molecule has 1 aliphatic carbocycles. The van der Waals surface area contributed by atoms with Crippen LogP contribution < -0.4 is 5.32 Å². The van der Waals surface area contributed by atoms with E-state index in [2.05, 4.69) is 11.4 Å². The monoisotopic (exact) mass is 255 g/mol. The van der Waals surface area contributed by atoms with Crippen LogP contribution in [0.1, 0.15) is 28.7 Å². The lowest BCUT2D eigenvalue weighted by molar-refractivity contribution is 0.0696. The van der Waals surface area contributed by atoms with Gasteiger partial charge in [0.05, 0.1) is 13.2 Å². The quantitative estimate of drug-likeness (QED) is 0.718. The van der Waals surface area contributed by atoms with Crippen molar-refractivity contribution in [1.82, 2.24) is 5.32 Å². The summed E-state index contributed by atoms with van der Waals surface area (Å²) in [6, 6.07) is 2.30.